The molecule has 12 heteroatoms. The molecule has 0 radical (unpaired) electrons. The number of benzene rings is 4. The molecule has 0 aliphatic rings. The van der Waals surface area contributed by atoms with E-state index in [9.17, 15) is 29.1 Å². The van der Waals surface area contributed by atoms with E-state index in [4.69, 9.17) is 5.73 Å². The lowest BCUT2D eigenvalue weighted by Gasteiger charge is -2.26. The Labute approximate surface area is 307 Å². The van der Waals surface area contributed by atoms with Gasteiger partial charge in [0, 0.05) is 36.4 Å². The lowest BCUT2D eigenvalue weighted by atomic mass is 10.0. The number of carboxylic acid groups (broad SMARTS) is 1. The average Bonchev–Trinajstić information content (AvgIpc) is 3.57. The number of carbonyl (C=O) groups excluding carboxylic acids is 4. The number of nitrogens with two attached hydrogens (primary N) is 1. The number of hydrogen-bond acceptors (Lipinski definition) is 6. The van der Waals surface area contributed by atoms with Gasteiger partial charge in [0.1, 0.15) is 24.2 Å². The monoisotopic (exact) mass is 716 g/mol. The van der Waals surface area contributed by atoms with Gasteiger partial charge >= 0.3 is 5.97 Å². The van der Waals surface area contributed by atoms with Gasteiger partial charge < -0.3 is 37.1 Å². The average molecular weight is 717 g/mol. The molecule has 53 heavy (non-hydrogen) atoms. The first kappa shape index (κ1) is 38.0. The van der Waals surface area contributed by atoms with E-state index >= 15 is 0 Å². The first-order chi connectivity index (χ1) is 25.6. The van der Waals surface area contributed by atoms with Gasteiger partial charge in [-0.1, -0.05) is 109 Å². The topological polar surface area (TPSA) is 196 Å². The Morgan fingerprint density at radius 3 is 1.58 bits per heavy atom. The lowest BCUT2D eigenvalue weighted by molar-refractivity contribution is -0.142. The minimum absolute atomic E-state index is 0.0335. The van der Waals surface area contributed by atoms with Gasteiger partial charge in [-0.2, -0.15) is 0 Å². The summed E-state index contributed by atoms with van der Waals surface area (Å²) in [4.78, 5) is 69.9. The molecule has 0 saturated heterocycles. The van der Waals surface area contributed by atoms with Crippen molar-refractivity contribution < 1.29 is 29.1 Å². The summed E-state index contributed by atoms with van der Waals surface area (Å²) in [6.07, 6.45) is 2.15. The minimum Gasteiger partial charge on any atom is -0.480 e. The van der Waals surface area contributed by atoms with Crippen LogP contribution in [0.15, 0.2) is 121 Å². The van der Waals surface area contributed by atoms with E-state index in [1.54, 1.807) is 54.7 Å². The molecule has 1 aromatic heterocycles. The quantitative estimate of drug-likeness (QED) is 0.0769. The Hall–Kier alpha value is -6.27. The summed E-state index contributed by atoms with van der Waals surface area (Å²) in [5.74, 6) is -3.76. The molecule has 0 aliphatic heterocycles. The van der Waals surface area contributed by atoms with Crippen LogP contribution in [0.4, 0.5) is 0 Å². The summed E-state index contributed by atoms with van der Waals surface area (Å²) in [6, 6.07) is 29.1. The second-order valence-corrected chi connectivity index (χ2v) is 13.0. The predicted octanol–water partition coefficient (Wildman–Crippen LogP) is 2.81. The number of aromatic nitrogens is 1. The summed E-state index contributed by atoms with van der Waals surface area (Å²) in [5, 5.41) is 21.6. The van der Waals surface area contributed by atoms with Crippen molar-refractivity contribution in [3.8, 4) is 0 Å². The van der Waals surface area contributed by atoms with Crippen LogP contribution in [0, 0.1) is 0 Å². The molecule has 0 unspecified atom stereocenters. The normalized spacial score (nSPS) is 13.8. The molecular weight excluding hydrogens is 672 g/mol. The van der Waals surface area contributed by atoms with Crippen LogP contribution in [0.5, 0.6) is 0 Å². The molecule has 0 aliphatic carbocycles. The van der Waals surface area contributed by atoms with E-state index in [2.05, 4.69) is 26.3 Å². The summed E-state index contributed by atoms with van der Waals surface area (Å²) in [5.41, 5.74) is 10.0. The number of rotatable bonds is 17. The van der Waals surface area contributed by atoms with Crippen molar-refractivity contribution in [2.45, 2.75) is 62.8 Å². The Morgan fingerprint density at radius 1 is 0.566 bits per heavy atom. The molecule has 0 saturated carbocycles. The summed E-state index contributed by atoms with van der Waals surface area (Å²) >= 11 is 0. The van der Waals surface area contributed by atoms with Gasteiger partial charge in [0.2, 0.25) is 23.6 Å². The molecule has 4 aromatic carbocycles. The zero-order chi connectivity index (χ0) is 37.7. The van der Waals surface area contributed by atoms with E-state index in [-0.39, 0.29) is 25.7 Å². The van der Waals surface area contributed by atoms with Crippen LogP contribution in [0.1, 0.15) is 29.2 Å². The van der Waals surface area contributed by atoms with Crippen LogP contribution in [0.2, 0.25) is 0 Å². The first-order valence-electron chi connectivity index (χ1n) is 17.4. The van der Waals surface area contributed by atoms with Crippen molar-refractivity contribution in [1.82, 2.24) is 26.3 Å². The molecule has 4 amide bonds. The van der Waals surface area contributed by atoms with Gasteiger partial charge in [0.15, 0.2) is 0 Å². The number of fused-ring (bicyclic) bond motifs is 1. The third kappa shape index (κ3) is 10.9. The number of nitrogens with one attached hydrogen (secondary N) is 5. The third-order valence-electron chi connectivity index (χ3n) is 8.93. The van der Waals surface area contributed by atoms with Gasteiger partial charge in [0.05, 0.1) is 6.04 Å². The van der Waals surface area contributed by atoms with E-state index in [1.165, 1.54) is 6.92 Å². The fourth-order valence-electron chi connectivity index (χ4n) is 6.03. The summed E-state index contributed by atoms with van der Waals surface area (Å²) < 4.78 is 0. The highest BCUT2D eigenvalue weighted by molar-refractivity contribution is 5.96. The molecule has 8 N–H and O–H groups in total. The van der Waals surface area contributed by atoms with Crippen molar-refractivity contribution >= 4 is 40.5 Å². The molecule has 5 atom stereocenters. The van der Waals surface area contributed by atoms with Gasteiger partial charge in [-0.15, -0.1) is 0 Å². The number of hydrogen-bond donors (Lipinski definition) is 7. The fraction of sp³-hybridized carbons (Fsp3) is 0.244. The van der Waals surface area contributed by atoms with Gasteiger partial charge in [-0.25, -0.2) is 4.79 Å². The van der Waals surface area contributed by atoms with Crippen LogP contribution in [-0.4, -0.2) is 69.9 Å². The lowest BCUT2D eigenvalue weighted by Crippen LogP contribution is -2.59. The number of aliphatic carboxylic acids is 1. The number of para-hydroxylation sites is 1. The van der Waals surface area contributed by atoms with Crippen LogP contribution < -0.4 is 27.0 Å². The van der Waals surface area contributed by atoms with Crippen LogP contribution in [-0.2, 0) is 49.7 Å². The summed E-state index contributed by atoms with van der Waals surface area (Å²) in [7, 11) is 0. The zero-order valence-electron chi connectivity index (χ0n) is 29.3. The smallest absolute Gasteiger partial charge is 0.326 e. The van der Waals surface area contributed by atoms with Crippen molar-refractivity contribution in [3.63, 3.8) is 0 Å². The number of aromatic amines is 1. The zero-order valence-corrected chi connectivity index (χ0v) is 29.3. The van der Waals surface area contributed by atoms with Crippen molar-refractivity contribution in [2.75, 3.05) is 0 Å². The van der Waals surface area contributed by atoms with Crippen molar-refractivity contribution in [2.24, 2.45) is 5.73 Å². The van der Waals surface area contributed by atoms with Gasteiger partial charge in [-0.3, -0.25) is 19.2 Å². The fourth-order valence-corrected chi connectivity index (χ4v) is 6.03. The number of carbonyl (C=O) groups is 5. The Kier molecular flexibility index (Phi) is 13.1. The third-order valence-corrected chi connectivity index (χ3v) is 8.93. The summed E-state index contributed by atoms with van der Waals surface area (Å²) in [6.45, 7) is 1.49. The van der Waals surface area contributed by atoms with Crippen molar-refractivity contribution in [1.29, 1.82) is 0 Å². The second kappa shape index (κ2) is 18.3. The van der Waals surface area contributed by atoms with E-state index < -0.39 is 59.8 Å². The van der Waals surface area contributed by atoms with Crippen LogP contribution in [0.25, 0.3) is 10.9 Å². The molecule has 274 valence electrons. The molecule has 5 aromatic rings. The molecule has 0 spiro atoms. The standard InChI is InChI=1S/C41H44N6O6/c1-26(44-38(49)32(42)21-27-13-5-2-6-14-27)37(48)45-35(24-30-25-43-33-20-12-11-19-31(30)33)40(51)46-34(22-28-15-7-3-8-16-28)39(50)47-36(41(52)53)23-29-17-9-4-10-18-29/h2-20,25-26,32,34-36,43H,21-24,42H2,1H3,(H,44,49)(H,45,48)(H,46,51)(H,47,50)(H,52,53)/t26-,32-,34-,35-,36-/m0/s1. The molecule has 1 heterocycles. The first-order valence-corrected chi connectivity index (χ1v) is 17.4. The van der Waals surface area contributed by atoms with Crippen molar-refractivity contribution in [3.05, 3.63) is 144 Å². The van der Waals surface area contributed by atoms with Gasteiger partial charge in [0.25, 0.3) is 0 Å². The molecule has 0 fully saturated rings. The maximum absolute atomic E-state index is 14.2. The Balaban J connectivity index is 1.35. The highest BCUT2D eigenvalue weighted by Gasteiger charge is 2.32. The minimum atomic E-state index is -1.26. The Morgan fingerprint density at radius 2 is 1.02 bits per heavy atom. The number of H-pyrrole nitrogens is 1. The highest BCUT2D eigenvalue weighted by atomic mass is 16.4. The SMILES string of the molecule is C[C@H](NC(=O)[C@@H](N)Cc1ccccc1)C(=O)N[C@@H](Cc1c[nH]c2ccccc12)C(=O)N[C@@H](Cc1ccccc1)C(=O)N[C@@H](Cc1ccccc1)C(=O)O. The number of amides is 4. The number of carboxylic acids is 1. The molecule has 12 nitrogen and oxygen atoms in total. The van der Waals surface area contributed by atoms with E-state index in [1.807, 2.05) is 66.7 Å². The highest BCUT2D eigenvalue weighted by Crippen LogP contribution is 2.19. The largest absolute Gasteiger partial charge is 0.480 e. The second-order valence-electron chi connectivity index (χ2n) is 13.0. The molecule has 5 rings (SSSR count). The maximum atomic E-state index is 14.2. The van der Waals surface area contributed by atoms with E-state index in [0.29, 0.717) is 5.56 Å². The van der Waals surface area contributed by atoms with Gasteiger partial charge in [-0.05, 0) is 41.7 Å². The molecule has 0 bridgehead atoms. The Bertz CT molecular complexity index is 2000. The van der Waals surface area contributed by atoms with Crippen LogP contribution in [0.3, 0.4) is 0 Å². The molecular formula is C41H44N6O6. The maximum Gasteiger partial charge on any atom is 0.326 e. The van der Waals surface area contributed by atoms with Crippen LogP contribution >= 0.6 is 0 Å². The predicted molar refractivity (Wildman–Crippen MR) is 201 cm³/mol. The van der Waals surface area contributed by atoms with E-state index in [0.717, 1.165) is 27.6 Å².